The summed E-state index contributed by atoms with van der Waals surface area (Å²) >= 11 is 0. The Balaban J connectivity index is 2.31. The highest BCUT2D eigenvalue weighted by atomic mass is 19.1. The van der Waals surface area contributed by atoms with E-state index in [-0.39, 0.29) is 5.82 Å². The molecule has 0 radical (unpaired) electrons. The van der Waals surface area contributed by atoms with Gasteiger partial charge in [0.15, 0.2) is 0 Å². The number of rotatable bonds is 3. The van der Waals surface area contributed by atoms with Gasteiger partial charge >= 0.3 is 0 Å². The van der Waals surface area contributed by atoms with Crippen LogP contribution in [0.15, 0.2) is 30.3 Å². The molecule has 0 fully saturated rings. The third-order valence-corrected chi connectivity index (χ3v) is 3.79. The molecule has 2 rings (SSSR count). The fourth-order valence-corrected chi connectivity index (χ4v) is 2.92. The highest BCUT2D eigenvalue weighted by Crippen LogP contribution is 2.27. The first kappa shape index (κ1) is 14.7. The quantitative estimate of drug-likeness (QED) is 0.881. The molecule has 0 bridgehead atoms. The molecule has 0 saturated heterocycles. The van der Waals surface area contributed by atoms with Crippen LogP contribution in [-0.4, -0.2) is 5.11 Å². The fraction of sp³-hybridized carbons (Fsp3) is 0.333. The molecule has 0 aliphatic heterocycles. The molecule has 2 heteroatoms. The minimum Gasteiger partial charge on any atom is -0.388 e. The lowest BCUT2D eigenvalue weighted by molar-refractivity contribution is 0.176. The maximum atomic E-state index is 13.1. The number of halogens is 1. The molecular formula is C18H21FO. The number of aliphatic hydroxyl groups excluding tert-OH is 1. The Bertz CT molecular complexity index is 608. The molecule has 0 amide bonds. The van der Waals surface area contributed by atoms with Crippen LogP contribution in [0.2, 0.25) is 0 Å². The molecule has 1 atom stereocenters. The van der Waals surface area contributed by atoms with Crippen molar-refractivity contribution in [3.05, 3.63) is 69.5 Å². The summed E-state index contributed by atoms with van der Waals surface area (Å²) in [5.74, 6) is -0.233. The Labute approximate surface area is 120 Å². The van der Waals surface area contributed by atoms with E-state index in [1.165, 1.54) is 17.7 Å². The first-order valence-electron chi connectivity index (χ1n) is 6.89. The molecule has 0 spiro atoms. The van der Waals surface area contributed by atoms with Gasteiger partial charge in [0.2, 0.25) is 0 Å². The Hall–Kier alpha value is -1.67. The van der Waals surface area contributed by atoms with Crippen LogP contribution in [0, 0.1) is 33.5 Å². The molecule has 0 aliphatic carbocycles. The SMILES string of the molecule is Cc1cc(C)c(C(O)Cc2ccc(F)cc2C)c(C)c1. The van der Waals surface area contributed by atoms with Gasteiger partial charge in [-0.3, -0.25) is 0 Å². The third kappa shape index (κ3) is 3.07. The van der Waals surface area contributed by atoms with Crippen molar-refractivity contribution in [3.8, 4) is 0 Å². The van der Waals surface area contributed by atoms with Gasteiger partial charge in [-0.25, -0.2) is 4.39 Å². The van der Waals surface area contributed by atoms with Crippen LogP contribution in [-0.2, 0) is 6.42 Å². The standard InChI is InChI=1S/C18H21FO/c1-11-7-13(3)18(14(4)8-11)17(20)10-15-5-6-16(19)9-12(15)2/h5-9,17,20H,10H2,1-4H3. The largest absolute Gasteiger partial charge is 0.388 e. The van der Waals surface area contributed by atoms with E-state index in [4.69, 9.17) is 0 Å². The minimum atomic E-state index is -0.556. The number of aliphatic hydroxyl groups is 1. The van der Waals surface area contributed by atoms with Gasteiger partial charge in [-0.1, -0.05) is 23.8 Å². The maximum absolute atomic E-state index is 13.1. The van der Waals surface area contributed by atoms with Gasteiger partial charge in [0.1, 0.15) is 5.82 Å². The highest BCUT2D eigenvalue weighted by molar-refractivity contribution is 5.40. The van der Waals surface area contributed by atoms with Gasteiger partial charge < -0.3 is 5.11 Å². The average Bonchev–Trinajstić information content (AvgIpc) is 2.31. The smallest absolute Gasteiger partial charge is 0.123 e. The number of hydrogen-bond acceptors (Lipinski definition) is 1. The van der Waals surface area contributed by atoms with Crippen molar-refractivity contribution in [2.24, 2.45) is 0 Å². The zero-order valence-electron chi connectivity index (χ0n) is 12.5. The molecule has 1 unspecified atom stereocenters. The lowest BCUT2D eigenvalue weighted by Crippen LogP contribution is -2.07. The van der Waals surface area contributed by atoms with Crippen LogP contribution in [0.4, 0.5) is 4.39 Å². The fourth-order valence-electron chi connectivity index (χ4n) is 2.92. The average molecular weight is 272 g/mol. The minimum absolute atomic E-state index is 0.233. The normalized spacial score (nSPS) is 12.5. The van der Waals surface area contributed by atoms with Crippen LogP contribution in [0.3, 0.4) is 0 Å². The second kappa shape index (κ2) is 5.76. The summed E-state index contributed by atoms with van der Waals surface area (Å²) in [6, 6.07) is 8.89. The van der Waals surface area contributed by atoms with Gasteiger partial charge in [-0.15, -0.1) is 0 Å². The van der Waals surface area contributed by atoms with Crippen molar-refractivity contribution in [1.82, 2.24) is 0 Å². The van der Waals surface area contributed by atoms with Crippen LogP contribution >= 0.6 is 0 Å². The second-order valence-corrected chi connectivity index (χ2v) is 5.60. The molecule has 2 aromatic carbocycles. The van der Waals surface area contributed by atoms with Crippen LogP contribution in [0.1, 0.15) is 39.5 Å². The topological polar surface area (TPSA) is 20.2 Å². The van der Waals surface area contributed by atoms with E-state index in [1.54, 1.807) is 6.07 Å². The summed E-state index contributed by atoms with van der Waals surface area (Å²) in [5, 5.41) is 10.5. The molecule has 20 heavy (non-hydrogen) atoms. The van der Waals surface area contributed by atoms with E-state index in [9.17, 15) is 9.50 Å². The van der Waals surface area contributed by atoms with Crippen LogP contribution in [0.5, 0.6) is 0 Å². The Morgan fingerprint density at radius 1 is 0.950 bits per heavy atom. The van der Waals surface area contributed by atoms with E-state index in [0.29, 0.717) is 6.42 Å². The number of aryl methyl sites for hydroxylation is 4. The molecule has 106 valence electrons. The zero-order valence-corrected chi connectivity index (χ0v) is 12.5. The predicted molar refractivity (Wildman–Crippen MR) is 80.5 cm³/mol. The highest BCUT2D eigenvalue weighted by Gasteiger charge is 2.15. The molecule has 1 N–H and O–H groups in total. The number of benzene rings is 2. The summed E-state index contributed by atoms with van der Waals surface area (Å²) in [7, 11) is 0. The van der Waals surface area contributed by atoms with Gasteiger partial charge in [0, 0.05) is 6.42 Å². The molecule has 0 aromatic heterocycles. The lowest BCUT2D eigenvalue weighted by Gasteiger charge is -2.18. The summed E-state index contributed by atoms with van der Waals surface area (Å²) < 4.78 is 13.1. The Morgan fingerprint density at radius 2 is 1.55 bits per heavy atom. The molecule has 2 aromatic rings. The first-order chi connectivity index (χ1) is 9.38. The zero-order chi connectivity index (χ0) is 14.9. The molecule has 0 heterocycles. The Kier molecular flexibility index (Phi) is 4.24. The van der Waals surface area contributed by atoms with Crippen LogP contribution < -0.4 is 0 Å². The monoisotopic (exact) mass is 272 g/mol. The van der Waals surface area contributed by atoms with Gasteiger partial charge in [0.25, 0.3) is 0 Å². The van der Waals surface area contributed by atoms with Gasteiger partial charge in [-0.05, 0) is 67.6 Å². The van der Waals surface area contributed by atoms with Crippen LogP contribution in [0.25, 0.3) is 0 Å². The molecule has 1 nitrogen and oxygen atoms in total. The van der Waals surface area contributed by atoms with E-state index in [0.717, 1.165) is 27.8 Å². The van der Waals surface area contributed by atoms with Crippen molar-refractivity contribution in [1.29, 1.82) is 0 Å². The summed E-state index contributed by atoms with van der Waals surface area (Å²) in [5.41, 5.74) is 6.27. The van der Waals surface area contributed by atoms with Crippen molar-refractivity contribution in [2.75, 3.05) is 0 Å². The van der Waals surface area contributed by atoms with E-state index >= 15 is 0 Å². The summed E-state index contributed by atoms with van der Waals surface area (Å²) in [6.45, 7) is 7.98. The van der Waals surface area contributed by atoms with Crippen molar-refractivity contribution in [2.45, 2.75) is 40.2 Å². The van der Waals surface area contributed by atoms with E-state index in [1.807, 2.05) is 20.8 Å². The summed E-state index contributed by atoms with van der Waals surface area (Å²) in [6.07, 6.45) is -0.0450. The predicted octanol–water partition coefficient (Wildman–Crippen LogP) is 4.34. The van der Waals surface area contributed by atoms with Gasteiger partial charge in [-0.2, -0.15) is 0 Å². The molecular weight excluding hydrogens is 251 g/mol. The second-order valence-electron chi connectivity index (χ2n) is 5.60. The summed E-state index contributed by atoms with van der Waals surface area (Å²) in [4.78, 5) is 0. The number of hydrogen-bond donors (Lipinski definition) is 1. The van der Waals surface area contributed by atoms with E-state index in [2.05, 4.69) is 19.1 Å². The molecule has 0 saturated carbocycles. The van der Waals surface area contributed by atoms with Crippen molar-refractivity contribution in [3.63, 3.8) is 0 Å². The van der Waals surface area contributed by atoms with E-state index < -0.39 is 6.10 Å². The maximum Gasteiger partial charge on any atom is 0.123 e. The van der Waals surface area contributed by atoms with Gasteiger partial charge in [0.05, 0.1) is 6.10 Å². The Morgan fingerprint density at radius 3 is 2.10 bits per heavy atom. The lowest BCUT2D eigenvalue weighted by atomic mass is 9.91. The molecule has 0 aliphatic rings. The van der Waals surface area contributed by atoms with Crippen molar-refractivity contribution < 1.29 is 9.50 Å². The first-order valence-corrected chi connectivity index (χ1v) is 6.89. The third-order valence-electron chi connectivity index (χ3n) is 3.79. The van der Waals surface area contributed by atoms with Crippen molar-refractivity contribution >= 4 is 0 Å².